The number of nitrogens with two attached hydrogens (primary N) is 1. The molecule has 2 N–H and O–H groups in total. The molecule has 0 saturated heterocycles. The molecule has 108 valence electrons. The lowest BCUT2D eigenvalue weighted by molar-refractivity contribution is 0.585. The van der Waals surface area contributed by atoms with E-state index in [0.29, 0.717) is 17.1 Å². The Labute approximate surface area is 132 Å². The predicted molar refractivity (Wildman–Crippen MR) is 84.0 cm³/mol. The van der Waals surface area contributed by atoms with Crippen LogP contribution in [0, 0.1) is 11.6 Å². The standard InChI is InChI=1S/C14H10BrF2N3S/c1-20-14(18)11(8-3-2-7(16)6-10(8)17)12(19-20)13-9(15)4-5-21-13/h2-6H,18H2,1H3. The van der Waals surface area contributed by atoms with E-state index >= 15 is 0 Å². The van der Waals surface area contributed by atoms with Crippen molar-refractivity contribution in [2.24, 2.45) is 7.05 Å². The first-order valence-corrected chi connectivity index (χ1v) is 7.67. The van der Waals surface area contributed by atoms with Gasteiger partial charge in [0, 0.05) is 23.2 Å². The minimum absolute atomic E-state index is 0.234. The van der Waals surface area contributed by atoms with Crippen molar-refractivity contribution in [1.82, 2.24) is 9.78 Å². The van der Waals surface area contributed by atoms with Crippen molar-refractivity contribution in [3.8, 4) is 21.7 Å². The molecule has 0 atom stereocenters. The SMILES string of the molecule is Cn1nc(-c2sccc2Br)c(-c2ccc(F)cc2F)c1N. The van der Waals surface area contributed by atoms with Crippen LogP contribution in [0.5, 0.6) is 0 Å². The zero-order valence-electron chi connectivity index (χ0n) is 10.9. The number of halogens is 3. The first-order valence-electron chi connectivity index (χ1n) is 6.00. The van der Waals surface area contributed by atoms with Gasteiger partial charge in [0.25, 0.3) is 0 Å². The molecule has 21 heavy (non-hydrogen) atoms. The van der Waals surface area contributed by atoms with Crippen molar-refractivity contribution in [2.45, 2.75) is 0 Å². The third kappa shape index (κ3) is 2.36. The Morgan fingerprint density at radius 2 is 2.05 bits per heavy atom. The predicted octanol–water partition coefficient (Wildman–Crippen LogP) is 4.44. The van der Waals surface area contributed by atoms with Crippen molar-refractivity contribution in [2.75, 3.05) is 5.73 Å². The van der Waals surface area contributed by atoms with Crippen LogP contribution < -0.4 is 5.73 Å². The molecule has 0 aliphatic carbocycles. The van der Waals surface area contributed by atoms with Gasteiger partial charge in [-0.3, -0.25) is 4.68 Å². The molecule has 0 spiro atoms. The molecule has 1 aromatic carbocycles. The lowest BCUT2D eigenvalue weighted by Gasteiger charge is -2.05. The minimum atomic E-state index is -0.663. The maximum absolute atomic E-state index is 14.1. The van der Waals surface area contributed by atoms with Gasteiger partial charge in [0.2, 0.25) is 0 Å². The van der Waals surface area contributed by atoms with Crippen LogP contribution >= 0.6 is 27.3 Å². The zero-order chi connectivity index (χ0) is 15.1. The Kier molecular flexibility index (Phi) is 3.54. The zero-order valence-corrected chi connectivity index (χ0v) is 13.3. The third-order valence-electron chi connectivity index (χ3n) is 3.12. The maximum atomic E-state index is 14.1. The van der Waals surface area contributed by atoms with E-state index in [1.54, 1.807) is 7.05 Å². The van der Waals surface area contributed by atoms with Crippen LogP contribution in [0.2, 0.25) is 0 Å². The topological polar surface area (TPSA) is 43.8 Å². The lowest BCUT2D eigenvalue weighted by Crippen LogP contribution is -1.98. The number of aryl methyl sites for hydroxylation is 1. The van der Waals surface area contributed by atoms with E-state index in [2.05, 4.69) is 21.0 Å². The van der Waals surface area contributed by atoms with Gasteiger partial charge in [0.05, 0.1) is 10.4 Å². The van der Waals surface area contributed by atoms with Crippen molar-refractivity contribution >= 4 is 33.1 Å². The molecule has 0 bridgehead atoms. The van der Waals surface area contributed by atoms with Crippen LogP contribution in [0.1, 0.15) is 0 Å². The molecule has 2 heterocycles. The van der Waals surface area contributed by atoms with Crippen LogP contribution in [0.15, 0.2) is 34.1 Å². The molecule has 0 aliphatic rings. The van der Waals surface area contributed by atoms with E-state index in [4.69, 9.17) is 5.73 Å². The van der Waals surface area contributed by atoms with Gasteiger partial charge in [-0.1, -0.05) is 0 Å². The molecular weight excluding hydrogens is 360 g/mol. The van der Waals surface area contributed by atoms with E-state index in [-0.39, 0.29) is 5.56 Å². The van der Waals surface area contributed by atoms with Gasteiger partial charge < -0.3 is 5.73 Å². The highest BCUT2D eigenvalue weighted by Gasteiger charge is 2.22. The van der Waals surface area contributed by atoms with Gasteiger partial charge >= 0.3 is 0 Å². The average molecular weight is 370 g/mol. The molecule has 0 unspecified atom stereocenters. The number of hydrogen-bond donors (Lipinski definition) is 1. The number of benzene rings is 1. The van der Waals surface area contributed by atoms with Crippen molar-refractivity contribution in [3.05, 3.63) is 45.8 Å². The second-order valence-corrected chi connectivity index (χ2v) is 6.22. The summed E-state index contributed by atoms with van der Waals surface area (Å²) in [5, 5.41) is 6.26. The molecule has 0 amide bonds. The monoisotopic (exact) mass is 369 g/mol. The summed E-state index contributed by atoms with van der Waals surface area (Å²) in [5.41, 5.74) is 7.30. The fourth-order valence-electron chi connectivity index (χ4n) is 2.12. The number of rotatable bonds is 2. The highest BCUT2D eigenvalue weighted by atomic mass is 79.9. The number of thiophene rings is 1. The summed E-state index contributed by atoms with van der Waals surface area (Å²) in [7, 11) is 1.69. The second-order valence-electron chi connectivity index (χ2n) is 4.45. The molecule has 3 rings (SSSR count). The maximum Gasteiger partial charge on any atom is 0.134 e. The van der Waals surface area contributed by atoms with Gasteiger partial charge in [-0.2, -0.15) is 5.10 Å². The molecule has 0 radical (unpaired) electrons. The fourth-order valence-corrected chi connectivity index (χ4v) is 3.67. The summed E-state index contributed by atoms with van der Waals surface area (Å²) < 4.78 is 29.6. The van der Waals surface area contributed by atoms with Crippen LogP contribution in [0.25, 0.3) is 21.7 Å². The van der Waals surface area contributed by atoms with E-state index in [1.807, 2.05) is 11.4 Å². The highest BCUT2D eigenvalue weighted by Crippen LogP contribution is 2.42. The Balaban J connectivity index is 2.30. The Morgan fingerprint density at radius 3 is 2.67 bits per heavy atom. The number of anilines is 1. The molecule has 0 saturated carbocycles. The number of hydrogen-bond acceptors (Lipinski definition) is 3. The average Bonchev–Trinajstić information content (AvgIpc) is 2.96. The van der Waals surface area contributed by atoms with Crippen LogP contribution in [-0.2, 0) is 7.05 Å². The van der Waals surface area contributed by atoms with E-state index in [1.165, 1.54) is 28.2 Å². The van der Waals surface area contributed by atoms with Gasteiger partial charge in [-0.25, -0.2) is 8.78 Å². The molecule has 2 aromatic heterocycles. The Morgan fingerprint density at radius 1 is 1.29 bits per heavy atom. The molecule has 7 heteroatoms. The summed E-state index contributed by atoms with van der Waals surface area (Å²) >= 11 is 4.91. The molecule has 3 nitrogen and oxygen atoms in total. The second kappa shape index (κ2) is 5.23. The summed E-state index contributed by atoms with van der Waals surface area (Å²) in [4.78, 5) is 0.848. The van der Waals surface area contributed by atoms with Crippen molar-refractivity contribution in [1.29, 1.82) is 0 Å². The van der Waals surface area contributed by atoms with Crippen LogP contribution in [-0.4, -0.2) is 9.78 Å². The Bertz CT molecular complexity index is 826. The highest BCUT2D eigenvalue weighted by molar-refractivity contribution is 9.10. The largest absolute Gasteiger partial charge is 0.383 e. The van der Waals surface area contributed by atoms with E-state index in [0.717, 1.165) is 15.4 Å². The first-order chi connectivity index (χ1) is 9.99. The smallest absolute Gasteiger partial charge is 0.134 e. The number of nitrogens with zero attached hydrogens (tertiary/aromatic N) is 2. The number of aromatic nitrogens is 2. The Hall–Kier alpha value is -1.73. The molecule has 0 aliphatic heterocycles. The first kappa shape index (κ1) is 14.2. The minimum Gasteiger partial charge on any atom is -0.383 e. The van der Waals surface area contributed by atoms with Gasteiger partial charge in [-0.15, -0.1) is 11.3 Å². The quantitative estimate of drug-likeness (QED) is 0.725. The van der Waals surface area contributed by atoms with Gasteiger partial charge in [0.1, 0.15) is 23.1 Å². The molecule has 3 aromatic rings. The normalized spacial score (nSPS) is 11.0. The summed E-state index contributed by atoms with van der Waals surface area (Å²) in [5.74, 6) is -0.961. The van der Waals surface area contributed by atoms with Crippen LogP contribution in [0.3, 0.4) is 0 Å². The molecular formula is C14H10BrF2N3S. The van der Waals surface area contributed by atoms with Crippen LogP contribution in [0.4, 0.5) is 14.6 Å². The molecule has 0 fully saturated rings. The number of nitrogen functional groups attached to an aromatic ring is 1. The van der Waals surface area contributed by atoms with Crippen molar-refractivity contribution in [3.63, 3.8) is 0 Å². The van der Waals surface area contributed by atoms with Gasteiger partial charge in [0.15, 0.2) is 0 Å². The van der Waals surface area contributed by atoms with Gasteiger partial charge in [-0.05, 0) is 39.5 Å². The van der Waals surface area contributed by atoms with E-state index < -0.39 is 11.6 Å². The fraction of sp³-hybridized carbons (Fsp3) is 0.0714. The summed E-state index contributed by atoms with van der Waals surface area (Å²) in [6.45, 7) is 0. The van der Waals surface area contributed by atoms with E-state index in [9.17, 15) is 8.78 Å². The lowest BCUT2D eigenvalue weighted by atomic mass is 10.0. The summed E-state index contributed by atoms with van der Waals surface area (Å²) in [6.07, 6.45) is 0. The summed E-state index contributed by atoms with van der Waals surface area (Å²) in [6, 6.07) is 5.31. The third-order valence-corrected chi connectivity index (χ3v) is 4.97. The van der Waals surface area contributed by atoms with Crippen molar-refractivity contribution < 1.29 is 8.78 Å².